The van der Waals surface area contributed by atoms with Crippen molar-refractivity contribution in [3.8, 4) is 0 Å². The smallest absolute Gasteiger partial charge is 0.253 e. The first-order valence-electron chi connectivity index (χ1n) is 9.34. The zero-order chi connectivity index (χ0) is 19.6. The van der Waals surface area contributed by atoms with E-state index < -0.39 is 0 Å². The van der Waals surface area contributed by atoms with E-state index in [-0.39, 0.29) is 29.9 Å². The Morgan fingerprint density at radius 3 is 2.46 bits per heavy atom. The number of carbonyl (C=O) groups is 1. The van der Waals surface area contributed by atoms with Crippen molar-refractivity contribution in [2.45, 2.75) is 26.8 Å². The number of amides is 1. The highest BCUT2D eigenvalue weighted by Gasteiger charge is 2.08. The van der Waals surface area contributed by atoms with Gasteiger partial charge in [0, 0.05) is 37.6 Å². The van der Waals surface area contributed by atoms with Crippen LogP contribution in [0.2, 0.25) is 0 Å². The van der Waals surface area contributed by atoms with Crippen LogP contribution in [0, 0.1) is 5.92 Å². The lowest BCUT2D eigenvalue weighted by atomic mass is 10.1. The molecule has 0 spiro atoms. The van der Waals surface area contributed by atoms with E-state index >= 15 is 0 Å². The Morgan fingerprint density at radius 1 is 1.18 bits per heavy atom. The van der Waals surface area contributed by atoms with Gasteiger partial charge in [-0.1, -0.05) is 25.1 Å². The second-order valence-corrected chi connectivity index (χ2v) is 7.89. The molecule has 0 saturated heterocycles. The van der Waals surface area contributed by atoms with E-state index in [1.54, 1.807) is 19.0 Å². The van der Waals surface area contributed by atoms with Crippen molar-refractivity contribution in [2.24, 2.45) is 10.9 Å². The molecule has 5 nitrogen and oxygen atoms in total. The highest BCUT2D eigenvalue weighted by molar-refractivity contribution is 14.0. The molecule has 1 heterocycles. The van der Waals surface area contributed by atoms with Gasteiger partial charge in [0.15, 0.2) is 5.96 Å². The first-order chi connectivity index (χ1) is 13.0. The SMILES string of the molecule is CCNC(=NCc1ccc(C(=O)N(C)C)cc1)NCC(C)Cc1cccs1.I. The minimum absolute atomic E-state index is 0. The Balaban J connectivity index is 0.00000392. The lowest BCUT2D eigenvalue weighted by Crippen LogP contribution is -2.39. The third kappa shape index (κ3) is 8.18. The molecule has 2 rings (SSSR count). The number of rotatable bonds is 8. The summed E-state index contributed by atoms with van der Waals surface area (Å²) in [6.07, 6.45) is 1.07. The van der Waals surface area contributed by atoms with Crippen molar-refractivity contribution in [3.63, 3.8) is 0 Å². The molecular weight excluding hydrogens is 483 g/mol. The predicted molar refractivity (Wildman–Crippen MR) is 130 cm³/mol. The van der Waals surface area contributed by atoms with Gasteiger partial charge in [0.2, 0.25) is 0 Å². The van der Waals surface area contributed by atoms with Gasteiger partial charge in [-0.2, -0.15) is 0 Å². The molecule has 28 heavy (non-hydrogen) atoms. The van der Waals surface area contributed by atoms with Crippen molar-refractivity contribution in [1.29, 1.82) is 0 Å². The minimum atomic E-state index is 0. The zero-order valence-electron chi connectivity index (χ0n) is 17.1. The maximum absolute atomic E-state index is 11.9. The Bertz CT molecular complexity index is 729. The van der Waals surface area contributed by atoms with Crippen LogP contribution < -0.4 is 10.6 Å². The molecule has 0 bridgehead atoms. The van der Waals surface area contributed by atoms with E-state index in [9.17, 15) is 4.79 Å². The molecule has 2 N–H and O–H groups in total. The number of hydrogen-bond donors (Lipinski definition) is 2. The number of halogens is 1. The Morgan fingerprint density at radius 2 is 1.89 bits per heavy atom. The fourth-order valence-electron chi connectivity index (χ4n) is 2.64. The van der Waals surface area contributed by atoms with Crippen LogP contribution in [0.15, 0.2) is 46.8 Å². The summed E-state index contributed by atoms with van der Waals surface area (Å²) in [5, 5.41) is 8.85. The second kappa shape index (κ2) is 12.8. The van der Waals surface area contributed by atoms with E-state index in [0.717, 1.165) is 31.0 Å². The number of aliphatic imine (C=N–C) groups is 1. The topological polar surface area (TPSA) is 56.7 Å². The Kier molecular flexibility index (Phi) is 11.1. The van der Waals surface area contributed by atoms with Crippen LogP contribution in [0.25, 0.3) is 0 Å². The van der Waals surface area contributed by atoms with Crippen LogP contribution >= 0.6 is 35.3 Å². The summed E-state index contributed by atoms with van der Waals surface area (Å²) in [4.78, 5) is 19.6. The quantitative estimate of drug-likeness (QED) is 0.318. The molecule has 1 atom stereocenters. The summed E-state index contributed by atoms with van der Waals surface area (Å²) in [6, 6.07) is 11.9. The van der Waals surface area contributed by atoms with Crippen molar-refractivity contribution in [2.75, 3.05) is 27.2 Å². The molecule has 2 aromatic rings. The third-order valence-electron chi connectivity index (χ3n) is 4.12. The number of guanidine groups is 1. The van der Waals surface area contributed by atoms with E-state index in [1.807, 2.05) is 35.6 Å². The average molecular weight is 514 g/mol. The van der Waals surface area contributed by atoms with E-state index in [4.69, 9.17) is 0 Å². The molecule has 0 saturated carbocycles. The molecule has 1 aromatic carbocycles. The molecule has 1 unspecified atom stereocenters. The minimum Gasteiger partial charge on any atom is -0.357 e. The van der Waals surface area contributed by atoms with Gasteiger partial charge in [0.05, 0.1) is 6.54 Å². The monoisotopic (exact) mass is 514 g/mol. The van der Waals surface area contributed by atoms with Gasteiger partial charge in [-0.15, -0.1) is 35.3 Å². The van der Waals surface area contributed by atoms with Gasteiger partial charge in [0.1, 0.15) is 0 Å². The van der Waals surface area contributed by atoms with Crippen molar-refractivity contribution < 1.29 is 4.79 Å². The highest BCUT2D eigenvalue weighted by atomic mass is 127. The number of nitrogens with one attached hydrogen (secondary N) is 2. The summed E-state index contributed by atoms with van der Waals surface area (Å²) in [7, 11) is 3.52. The predicted octanol–water partition coefficient (Wildman–Crippen LogP) is 4.00. The molecule has 0 aliphatic carbocycles. The average Bonchev–Trinajstić information content (AvgIpc) is 3.16. The fourth-order valence-corrected chi connectivity index (χ4v) is 3.51. The summed E-state index contributed by atoms with van der Waals surface area (Å²) in [6.45, 7) is 6.58. The van der Waals surface area contributed by atoms with Gasteiger partial charge in [0.25, 0.3) is 5.91 Å². The molecule has 0 aliphatic heterocycles. The number of thiophene rings is 1. The largest absolute Gasteiger partial charge is 0.357 e. The lowest BCUT2D eigenvalue weighted by molar-refractivity contribution is 0.0827. The van der Waals surface area contributed by atoms with Crippen LogP contribution in [0.4, 0.5) is 0 Å². The number of nitrogens with zero attached hydrogens (tertiary/aromatic N) is 2. The number of benzene rings is 1. The van der Waals surface area contributed by atoms with Crippen molar-refractivity contribution in [1.82, 2.24) is 15.5 Å². The molecule has 1 aromatic heterocycles. The fraction of sp³-hybridized carbons (Fsp3) is 0.429. The standard InChI is InChI=1S/C21H30N4OS.HI/c1-5-22-21(23-14-16(2)13-19-7-6-12-27-19)24-15-17-8-10-18(11-9-17)20(26)25(3)4;/h6-12,16H,5,13-15H2,1-4H3,(H2,22,23,24);1H. The van der Waals surface area contributed by atoms with Gasteiger partial charge >= 0.3 is 0 Å². The molecule has 7 heteroatoms. The van der Waals surface area contributed by atoms with Gasteiger partial charge < -0.3 is 15.5 Å². The lowest BCUT2D eigenvalue weighted by Gasteiger charge is -2.15. The van der Waals surface area contributed by atoms with Crippen molar-refractivity contribution in [3.05, 3.63) is 57.8 Å². The van der Waals surface area contributed by atoms with Gasteiger partial charge in [-0.3, -0.25) is 4.79 Å². The first-order valence-corrected chi connectivity index (χ1v) is 10.2. The van der Waals surface area contributed by atoms with Crippen LogP contribution in [0.3, 0.4) is 0 Å². The molecule has 154 valence electrons. The molecule has 0 aliphatic rings. The van der Waals surface area contributed by atoms with Crippen LogP contribution in [0.5, 0.6) is 0 Å². The normalized spacial score (nSPS) is 12.1. The highest BCUT2D eigenvalue weighted by Crippen LogP contribution is 2.13. The summed E-state index contributed by atoms with van der Waals surface area (Å²) in [5.41, 5.74) is 1.77. The maximum Gasteiger partial charge on any atom is 0.253 e. The number of hydrogen-bond acceptors (Lipinski definition) is 3. The summed E-state index contributed by atoms with van der Waals surface area (Å²) in [5.74, 6) is 1.37. The molecule has 0 radical (unpaired) electrons. The van der Waals surface area contributed by atoms with Gasteiger partial charge in [-0.05, 0) is 48.4 Å². The molecule has 0 fully saturated rings. The maximum atomic E-state index is 11.9. The van der Waals surface area contributed by atoms with E-state index in [2.05, 4.69) is 47.0 Å². The Labute approximate surface area is 189 Å². The first kappa shape index (κ1) is 24.4. The summed E-state index contributed by atoms with van der Waals surface area (Å²) >= 11 is 1.81. The van der Waals surface area contributed by atoms with Gasteiger partial charge in [-0.25, -0.2) is 4.99 Å². The van der Waals surface area contributed by atoms with Crippen LogP contribution in [-0.4, -0.2) is 44.0 Å². The van der Waals surface area contributed by atoms with E-state index in [0.29, 0.717) is 18.0 Å². The summed E-state index contributed by atoms with van der Waals surface area (Å²) < 4.78 is 0. The number of carbonyl (C=O) groups excluding carboxylic acids is 1. The second-order valence-electron chi connectivity index (χ2n) is 6.86. The van der Waals surface area contributed by atoms with Crippen LogP contribution in [-0.2, 0) is 13.0 Å². The zero-order valence-corrected chi connectivity index (χ0v) is 20.2. The van der Waals surface area contributed by atoms with Crippen LogP contribution in [0.1, 0.15) is 34.6 Å². The molecule has 1 amide bonds. The molecular formula is C21H31IN4OS. The van der Waals surface area contributed by atoms with Crippen molar-refractivity contribution >= 4 is 47.2 Å². The van der Waals surface area contributed by atoms with E-state index in [1.165, 1.54) is 4.88 Å². The Hall–Kier alpha value is -1.61. The third-order valence-corrected chi connectivity index (χ3v) is 5.02.